The highest BCUT2D eigenvalue weighted by molar-refractivity contribution is 7.71. The molecule has 0 fully saturated rings. The van der Waals surface area contributed by atoms with Crippen LogP contribution in [-0.4, -0.2) is 16.1 Å². The summed E-state index contributed by atoms with van der Waals surface area (Å²) in [6, 6.07) is 0. The van der Waals surface area contributed by atoms with Gasteiger partial charge in [0.05, 0.1) is 18.1 Å². The van der Waals surface area contributed by atoms with Gasteiger partial charge in [-0.15, -0.1) is 11.3 Å². The second-order valence-electron chi connectivity index (χ2n) is 4.91. The van der Waals surface area contributed by atoms with Gasteiger partial charge in [-0.25, -0.2) is 0 Å². The average Bonchev–Trinajstić information content (AvgIpc) is 2.65. The van der Waals surface area contributed by atoms with E-state index >= 15 is 0 Å². The average molecular weight is 282 g/mol. The number of hydrogen-bond donors (Lipinski definition) is 2. The Morgan fingerprint density at radius 1 is 1.44 bits per heavy atom. The molecule has 0 saturated heterocycles. The van der Waals surface area contributed by atoms with Crippen LogP contribution in [0.4, 0.5) is 0 Å². The van der Waals surface area contributed by atoms with Crippen molar-refractivity contribution in [3.05, 3.63) is 25.6 Å². The second kappa shape index (κ2) is 4.29. The van der Waals surface area contributed by atoms with Crippen molar-refractivity contribution in [1.29, 1.82) is 0 Å². The van der Waals surface area contributed by atoms with Gasteiger partial charge in [-0.2, -0.15) is 0 Å². The lowest BCUT2D eigenvalue weighted by atomic mass is 9.96. The van der Waals surface area contributed by atoms with E-state index in [2.05, 4.69) is 23.8 Å². The first-order valence-electron chi connectivity index (χ1n) is 5.94. The largest absolute Gasteiger partial charge is 0.372 e. The Morgan fingerprint density at radius 2 is 2.22 bits per heavy atom. The standard InChI is InChI=1S/C12H14N2O2S2/c1-5(2)7-3-6-8(4-16-7)18-11-9(6)10(15)13-12(17)14-11/h5,7H,3-4H2,1-2H3,(H2,13,14,15,17)/t7-/m1/s1. The first-order valence-corrected chi connectivity index (χ1v) is 7.17. The summed E-state index contributed by atoms with van der Waals surface area (Å²) < 4.78 is 6.21. The molecule has 1 atom stereocenters. The van der Waals surface area contributed by atoms with Crippen molar-refractivity contribution in [1.82, 2.24) is 9.97 Å². The number of nitrogens with one attached hydrogen (secondary N) is 2. The second-order valence-corrected chi connectivity index (χ2v) is 6.43. The molecule has 0 radical (unpaired) electrons. The van der Waals surface area contributed by atoms with Gasteiger partial charge in [0.1, 0.15) is 4.83 Å². The van der Waals surface area contributed by atoms with Crippen LogP contribution in [0, 0.1) is 10.7 Å². The Hall–Kier alpha value is -0.980. The van der Waals surface area contributed by atoms with E-state index in [-0.39, 0.29) is 11.7 Å². The zero-order chi connectivity index (χ0) is 12.9. The van der Waals surface area contributed by atoms with Crippen molar-refractivity contribution in [3.8, 4) is 0 Å². The Kier molecular flexibility index (Phi) is 2.88. The molecule has 3 rings (SSSR count). The predicted molar refractivity (Wildman–Crippen MR) is 74.7 cm³/mol. The van der Waals surface area contributed by atoms with Crippen LogP contribution in [0.15, 0.2) is 4.79 Å². The molecule has 0 saturated carbocycles. The summed E-state index contributed by atoms with van der Waals surface area (Å²) in [7, 11) is 0. The Bertz CT molecular complexity index is 711. The monoisotopic (exact) mass is 282 g/mol. The lowest BCUT2D eigenvalue weighted by Crippen LogP contribution is -2.27. The number of hydrogen-bond acceptors (Lipinski definition) is 4. The fourth-order valence-corrected chi connectivity index (χ4v) is 3.76. The maximum Gasteiger partial charge on any atom is 0.260 e. The topological polar surface area (TPSA) is 57.9 Å². The van der Waals surface area contributed by atoms with Crippen LogP contribution >= 0.6 is 23.6 Å². The molecule has 1 aliphatic heterocycles. The summed E-state index contributed by atoms with van der Waals surface area (Å²) in [5.74, 6) is 0.453. The van der Waals surface area contributed by atoms with Crippen molar-refractivity contribution >= 4 is 33.8 Å². The van der Waals surface area contributed by atoms with E-state index in [1.807, 2.05) is 0 Å². The van der Waals surface area contributed by atoms with Crippen molar-refractivity contribution in [2.45, 2.75) is 33.0 Å². The summed E-state index contributed by atoms with van der Waals surface area (Å²) >= 11 is 6.57. The first kappa shape index (κ1) is 12.1. The van der Waals surface area contributed by atoms with Gasteiger partial charge in [-0.1, -0.05) is 13.8 Å². The van der Waals surface area contributed by atoms with E-state index in [0.29, 0.717) is 17.3 Å². The van der Waals surface area contributed by atoms with Gasteiger partial charge in [-0.05, 0) is 23.7 Å². The predicted octanol–water partition coefficient (Wildman–Crippen LogP) is 2.74. The van der Waals surface area contributed by atoms with Crippen molar-refractivity contribution < 1.29 is 4.74 Å². The third kappa shape index (κ3) is 1.84. The van der Waals surface area contributed by atoms with Gasteiger partial charge in [0, 0.05) is 11.3 Å². The molecule has 1 aliphatic rings. The number of aromatic amines is 2. The SMILES string of the molecule is CC(C)[C@H]1Cc2c(sc3[nH]c(=S)[nH]c(=O)c23)CO1. The fourth-order valence-electron chi connectivity index (χ4n) is 2.34. The molecule has 0 aliphatic carbocycles. The Labute approximate surface area is 113 Å². The minimum Gasteiger partial charge on any atom is -0.372 e. The molecule has 4 nitrogen and oxygen atoms in total. The molecule has 0 unspecified atom stereocenters. The van der Waals surface area contributed by atoms with Crippen LogP contribution in [0.5, 0.6) is 0 Å². The van der Waals surface area contributed by atoms with E-state index in [0.717, 1.165) is 27.1 Å². The Morgan fingerprint density at radius 3 is 2.94 bits per heavy atom. The third-order valence-corrected chi connectivity index (χ3v) is 4.67. The van der Waals surface area contributed by atoms with Gasteiger partial charge in [0.25, 0.3) is 5.56 Å². The number of ether oxygens (including phenoxy) is 1. The van der Waals surface area contributed by atoms with Crippen LogP contribution in [0.1, 0.15) is 24.3 Å². The van der Waals surface area contributed by atoms with E-state index in [1.54, 1.807) is 11.3 Å². The highest BCUT2D eigenvalue weighted by Gasteiger charge is 2.26. The number of thiophene rings is 1. The number of rotatable bonds is 1. The molecule has 0 amide bonds. The van der Waals surface area contributed by atoms with Gasteiger partial charge in [0.2, 0.25) is 0 Å². The minimum absolute atomic E-state index is 0.0874. The van der Waals surface area contributed by atoms with E-state index in [9.17, 15) is 4.79 Å². The van der Waals surface area contributed by atoms with Gasteiger partial charge in [-0.3, -0.25) is 9.78 Å². The molecule has 0 aromatic carbocycles. The molecular weight excluding hydrogens is 268 g/mol. The van der Waals surface area contributed by atoms with Gasteiger partial charge >= 0.3 is 0 Å². The summed E-state index contributed by atoms with van der Waals surface area (Å²) in [6.07, 6.45) is 0.999. The highest BCUT2D eigenvalue weighted by atomic mass is 32.1. The quantitative estimate of drug-likeness (QED) is 0.791. The Balaban J connectivity index is 2.22. The van der Waals surface area contributed by atoms with Gasteiger partial charge < -0.3 is 9.72 Å². The third-order valence-electron chi connectivity index (χ3n) is 3.35. The van der Waals surface area contributed by atoms with Crippen LogP contribution in [0.3, 0.4) is 0 Å². The molecule has 2 aromatic rings. The summed E-state index contributed by atoms with van der Waals surface area (Å²) in [4.78, 5) is 19.8. The summed E-state index contributed by atoms with van der Waals surface area (Å²) in [6.45, 7) is 4.88. The minimum atomic E-state index is -0.0874. The van der Waals surface area contributed by atoms with Crippen LogP contribution in [0.25, 0.3) is 10.2 Å². The number of aromatic nitrogens is 2. The molecule has 2 aromatic heterocycles. The van der Waals surface area contributed by atoms with Crippen molar-refractivity contribution in [2.24, 2.45) is 5.92 Å². The maximum absolute atomic E-state index is 12.0. The normalized spacial score (nSPS) is 19.4. The molecule has 2 N–H and O–H groups in total. The molecule has 0 spiro atoms. The molecule has 18 heavy (non-hydrogen) atoms. The zero-order valence-corrected chi connectivity index (χ0v) is 11.8. The number of fused-ring (bicyclic) bond motifs is 3. The lowest BCUT2D eigenvalue weighted by molar-refractivity contribution is 0.00201. The van der Waals surface area contributed by atoms with Crippen LogP contribution in [0.2, 0.25) is 0 Å². The molecule has 3 heterocycles. The summed E-state index contributed by atoms with van der Waals surface area (Å²) in [5, 5.41) is 0.762. The first-order chi connectivity index (χ1) is 8.56. The molecule has 96 valence electrons. The van der Waals surface area contributed by atoms with Crippen LogP contribution in [-0.2, 0) is 17.8 Å². The van der Waals surface area contributed by atoms with Crippen molar-refractivity contribution in [3.63, 3.8) is 0 Å². The van der Waals surface area contributed by atoms with E-state index < -0.39 is 0 Å². The maximum atomic E-state index is 12.0. The smallest absolute Gasteiger partial charge is 0.260 e. The fraction of sp³-hybridized carbons (Fsp3) is 0.500. The molecule has 0 bridgehead atoms. The van der Waals surface area contributed by atoms with Gasteiger partial charge in [0.15, 0.2) is 4.77 Å². The zero-order valence-electron chi connectivity index (χ0n) is 10.2. The molecular formula is C12H14N2O2S2. The number of H-pyrrole nitrogens is 2. The van der Waals surface area contributed by atoms with E-state index in [1.165, 1.54) is 0 Å². The molecule has 6 heteroatoms. The van der Waals surface area contributed by atoms with E-state index in [4.69, 9.17) is 17.0 Å². The summed E-state index contributed by atoms with van der Waals surface area (Å²) in [5.41, 5.74) is 1.04. The highest BCUT2D eigenvalue weighted by Crippen LogP contribution is 2.34. The van der Waals surface area contributed by atoms with Crippen LogP contribution < -0.4 is 5.56 Å². The van der Waals surface area contributed by atoms with Crippen molar-refractivity contribution in [2.75, 3.05) is 0 Å². The lowest BCUT2D eigenvalue weighted by Gasteiger charge is -2.26.